The van der Waals surface area contributed by atoms with Crippen LogP contribution in [0.25, 0.3) is 0 Å². The zero-order valence-electron chi connectivity index (χ0n) is 9.25. The summed E-state index contributed by atoms with van der Waals surface area (Å²) in [6.07, 6.45) is 2.19. The highest BCUT2D eigenvalue weighted by Crippen LogP contribution is 2.18. The second kappa shape index (κ2) is 5.84. The van der Waals surface area contributed by atoms with Gasteiger partial charge in [0, 0.05) is 10.6 Å². The minimum atomic E-state index is -0.253. The Morgan fingerprint density at radius 3 is 2.82 bits per heavy atom. The van der Waals surface area contributed by atoms with E-state index in [1.807, 2.05) is 12.1 Å². The fourth-order valence-corrected chi connectivity index (χ4v) is 1.87. The highest BCUT2D eigenvalue weighted by Gasteiger charge is 2.06. The molecule has 0 fully saturated rings. The number of benzene rings is 1. The third-order valence-electron chi connectivity index (χ3n) is 2.49. The van der Waals surface area contributed by atoms with Gasteiger partial charge in [0.05, 0.1) is 12.8 Å². The van der Waals surface area contributed by atoms with Crippen molar-refractivity contribution in [2.75, 3.05) is 6.54 Å². The van der Waals surface area contributed by atoms with Crippen LogP contribution in [-0.4, -0.2) is 6.54 Å². The molecule has 0 amide bonds. The molecule has 4 heteroatoms. The molecule has 0 aliphatic heterocycles. The molecule has 0 spiro atoms. The van der Waals surface area contributed by atoms with Crippen LogP contribution in [0.15, 0.2) is 41.0 Å². The molecule has 1 heterocycles. The number of hydrogen-bond acceptors (Lipinski definition) is 2. The molecule has 2 rings (SSSR count). The first-order chi connectivity index (χ1) is 8.27. The second-order valence-corrected chi connectivity index (χ2v) is 4.11. The fourth-order valence-electron chi connectivity index (χ4n) is 1.61. The first kappa shape index (κ1) is 12.1. The van der Waals surface area contributed by atoms with Gasteiger partial charge < -0.3 is 9.73 Å². The number of rotatable bonds is 5. The van der Waals surface area contributed by atoms with Gasteiger partial charge in [-0.1, -0.05) is 17.7 Å². The van der Waals surface area contributed by atoms with Gasteiger partial charge in [0.1, 0.15) is 11.6 Å². The number of hydrogen-bond donors (Lipinski definition) is 1. The third kappa shape index (κ3) is 3.32. The molecule has 0 radical (unpaired) electrons. The Morgan fingerprint density at radius 1 is 1.24 bits per heavy atom. The van der Waals surface area contributed by atoms with Crippen LogP contribution in [0.4, 0.5) is 4.39 Å². The Kier molecular flexibility index (Phi) is 4.18. The predicted molar refractivity (Wildman–Crippen MR) is 65.5 cm³/mol. The maximum atomic E-state index is 13.4. The Balaban J connectivity index is 1.82. The lowest BCUT2D eigenvalue weighted by molar-refractivity contribution is 0.483. The van der Waals surface area contributed by atoms with Crippen LogP contribution in [-0.2, 0) is 13.0 Å². The first-order valence-corrected chi connectivity index (χ1v) is 5.81. The summed E-state index contributed by atoms with van der Waals surface area (Å²) in [6, 6.07) is 8.46. The topological polar surface area (TPSA) is 25.2 Å². The van der Waals surface area contributed by atoms with Gasteiger partial charge in [-0.3, -0.25) is 0 Å². The normalized spacial score (nSPS) is 10.7. The summed E-state index contributed by atoms with van der Waals surface area (Å²) in [7, 11) is 0. The van der Waals surface area contributed by atoms with Crippen molar-refractivity contribution in [2.45, 2.75) is 13.0 Å². The molecule has 0 unspecified atom stereocenters. The monoisotopic (exact) mass is 253 g/mol. The van der Waals surface area contributed by atoms with E-state index in [9.17, 15) is 4.39 Å². The molecule has 0 atom stereocenters. The largest absolute Gasteiger partial charge is 0.468 e. The molecule has 2 aromatic rings. The van der Waals surface area contributed by atoms with Crippen molar-refractivity contribution in [3.05, 3.63) is 58.8 Å². The van der Waals surface area contributed by atoms with Gasteiger partial charge in [-0.15, -0.1) is 0 Å². The van der Waals surface area contributed by atoms with Crippen LogP contribution < -0.4 is 5.32 Å². The van der Waals surface area contributed by atoms with Crippen molar-refractivity contribution >= 4 is 11.6 Å². The number of halogens is 2. The van der Waals surface area contributed by atoms with E-state index < -0.39 is 0 Å². The average molecular weight is 254 g/mol. The van der Waals surface area contributed by atoms with E-state index in [0.29, 0.717) is 30.1 Å². The van der Waals surface area contributed by atoms with Crippen molar-refractivity contribution in [3.8, 4) is 0 Å². The zero-order chi connectivity index (χ0) is 12.1. The average Bonchev–Trinajstić information content (AvgIpc) is 2.80. The second-order valence-electron chi connectivity index (χ2n) is 3.71. The summed E-state index contributed by atoms with van der Waals surface area (Å²) in [5.41, 5.74) is 0.557. The van der Waals surface area contributed by atoms with Gasteiger partial charge in [-0.25, -0.2) is 4.39 Å². The molecule has 1 N–H and O–H groups in total. The smallest absolute Gasteiger partial charge is 0.127 e. The molecular weight excluding hydrogens is 241 g/mol. The number of furan rings is 1. The van der Waals surface area contributed by atoms with E-state index in [4.69, 9.17) is 16.0 Å². The van der Waals surface area contributed by atoms with Gasteiger partial charge in [0.15, 0.2) is 0 Å². The molecule has 1 aromatic heterocycles. The van der Waals surface area contributed by atoms with Crippen LogP contribution in [0.1, 0.15) is 11.3 Å². The molecule has 1 aromatic carbocycles. The van der Waals surface area contributed by atoms with E-state index in [2.05, 4.69) is 5.32 Å². The molecule has 0 bridgehead atoms. The molecule has 0 saturated heterocycles. The zero-order valence-corrected chi connectivity index (χ0v) is 10.0. The Labute approximate surface area is 104 Å². The van der Waals surface area contributed by atoms with Crippen molar-refractivity contribution in [2.24, 2.45) is 0 Å². The Bertz CT molecular complexity index is 450. The summed E-state index contributed by atoms with van der Waals surface area (Å²) >= 11 is 5.92. The maximum absolute atomic E-state index is 13.4. The maximum Gasteiger partial charge on any atom is 0.127 e. The lowest BCUT2D eigenvalue weighted by Gasteiger charge is -2.06. The summed E-state index contributed by atoms with van der Waals surface area (Å²) in [5.74, 6) is 0.613. The van der Waals surface area contributed by atoms with E-state index in [-0.39, 0.29) is 5.82 Å². The highest BCUT2D eigenvalue weighted by atomic mass is 35.5. The number of nitrogens with one attached hydrogen (secondary N) is 1. The van der Waals surface area contributed by atoms with E-state index in [1.54, 1.807) is 18.4 Å². The van der Waals surface area contributed by atoms with Crippen LogP contribution in [0.3, 0.4) is 0 Å². The predicted octanol–water partition coefficient (Wildman–Crippen LogP) is 3.40. The summed E-state index contributed by atoms with van der Waals surface area (Å²) in [5, 5.41) is 3.65. The van der Waals surface area contributed by atoms with Crippen LogP contribution in [0.2, 0.25) is 5.02 Å². The van der Waals surface area contributed by atoms with Crippen molar-refractivity contribution in [1.82, 2.24) is 5.32 Å². The summed E-state index contributed by atoms with van der Waals surface area (Å²) in [4.78, 5) is 0. The Hall–Kier alpha value is -1.32. The summed E-state index contributed by atoms with van der Waals surface area (Å²) in [6.45, 7) is 1.29. The van der Waals surface area contributed by atoms with Crippen molar-refractivity contribution in [1.29, 1.82) is 0 Å². The van der Waals surface area contributed by atoms with E-state index >= 15 is 0 Å². The van der Waals surface area contributed by atoms with Crippen LogP contribution >= 0.6 is 11.6 Å². The fraction of sp³-hybridized carbons (Fsp3) is 0.231. The molecule has 90 valence electrons. The molecule has 0 aliphatic carbocycles. The molecule has 0 aliphatic rings. The Morgan fingerprint density at radius 2 is 2.12 bits per heavy atom. The standard InChI is InChI=1S/C13H13ClFNO/c14-12-4-1-5-13(15)11(12)6-7-16-9-10-3-2-8-17-10/h1-5,8,16H,6-7,9H2. The molecular formula is C13H13ClFNO. The first-order valence-electron chi connectivity index (χ1n) is 5.43. The van der Waals surface area contributed by atoms with E-state index in [1.165, 1.54) is 6.07 Å². The summed E-state index contributed by atoms with van der Waals surface area (Å²) < 4.78 is 18.6. The minimum absolute atomic E-state index is 0.253. The molecule has 2 nitrogen and oxygen atoms in total. The van der Waals surface area contributed by atoms with Crippen LogP contribution in [0.5, 0.6) is 0 Å². The third-order valence-corrected chi connectivity index (χ3v) is 2.85. The SMILES string of the molecule is Fc1cccc(Cl)c1CCNCc1ccco1. The van der Waals surface area contributed by atoms with Crippen molar-refractivity contribution < 1.29 is 8.81 Å². The molecule has 0 saturated carbocycles. The van der Waals surface area contributed by atoms with E-state index in [0.717, 1.165) is 5.76 Å². The van der Waals surface area contributed by atoms with Gasteiger partial charge in [0.2, 0.25) is 0 Å². The minimum Gasteiger partial charge on any atom is -0.468 e. The highest BCUT2D eigenvalue weighted by molar-refractivity contribution is 6.31. The van der Waals surface area contributed by atoms with Crippen molar-refractivity contribution in [3.63, 3.8) is 0 Å². The van der Waals surface area contributed by atoms with Crippen LogP contribution in [0, 0.1) is 5.82 Å². The van der Waals surface area contributed by atoms with Gasteiger partial charge in [0.25, 0.3) is 0 Å². The van der Waals surface area contributed by atoms with Gasteiger partial charge in [-0.05, 0) is 37.2 Å². The lowest BCUT2D eigenvalue weighted by Crippen LogP contribution is -2.17. The van der Waals surface area contributed by atoms with Gasteiger partial charge >= 0.3 is 0 Å². The molecule has 17 heavy (non-hydrogen) atoms. The van der Waals surface area contributed by atoms with Gasteiger partial charge in [-0.2, -0.15) is 0 Å². The lowest BCUT2D eigenvalue weighted by atomic mass is 10.1. The quantitative estimate of drug-likeness (QED) is 0.827.